The number of halogens is 1. The molecule has 0 spiro atoms. The molecule has 12 heteroatoms. The number of aromatic nitrogens is 2. The highest BCUT2D eigenvalue weighted by atomic mass is 79.9. The summed E-state index contributed by atoms with van der Waals surface area (Å²) >= 11 is 3.55. The second-order valence-electron chi connectivity index (χ2n) is 18.1. The number of unbranched alkanes of at least 4 members (excludes halogenated alkanes) is 4. The van der Waals surface area contributed by atoms with Crippen molar-refractivity contribution >= 4 is 28.5 Å². The van der Waals surface area contributed by atoms with Gasteiger partial charge in [0.2, 0.25) is 0 Å². The monoisotopic (exact) mass is 958 g/mol. The zero-order valence-corrected chi connectivity index (χ0v) is 41.5. The molecule has 0 saturated heterocycles. The topological polar surface area (TPSA) is 173 Å². The third-order valence-electron chi connectivity index (χ3n) is 12.9. The molecule has 6 N–H and O–H groups in total. The van der Waals surface area contributed by atoms with Gasteiger partial charge < -0.3 is 39.5 Å². The molecule has 0 bridgehead atoms. The number of hydrogen-bond donors (Lipinski definition) is 6. The second kappa shape index (κ2) is 24.9. The highest BCUT2D eigenvalue weighted by molar-refractivity contribution is 9.10. The first kappa shape index (κ1) is 54.8. The lowest BCUT2D eigenvalue weighted by molar-refractivity contribution is 0.392. The van der Waals surface area contributed by atoms with Gasteiger partial charge in [-0.05, 0) is 158 Å². The van der Waals surface area contributed by atoms with Crippen molar-refractivity contribution in [2.24, 2.45) is 11.8 Å². The summed E-state index contributed by atoms with van der Waals surface area (Å²) in [4.78, 5) is 0. The van der Waals surface area contributed by atoms with Crippen LogP contribution in [0.25, 0.3) is 11.1 Å². The third kappa shape index (κ3) is 13.3. The molecule has 2 aliphatic carbocycles. The van der Waals surface area contributed by atoms with Gasteiger partial charge in [0.15, 0.2) is 0 Å². The van der Waals surface area contributed by atoms with Crippen molar-refractivity contribution in [2.75, 3.05) is 0 Å². The summed E-state index contributed by atoms with van der Waals surface area (Å²) in [5, 5.41) is 69.2. The summed E-state index contributed by atoms with van der Waals surface area (Å²) in [6.45, 7) is 28.0. The number of nitrogens with zero attached hydrogens (tertiary/aromatic N) is 2. The summed E-state index contributed by atoms with van der Waals surface area (Å²) in [5.74, 6) is 2.16. The summed E-state index contributed by atoms with van der Waals surface area (Å²) in [5.41, 5.74) is 11.1. The molecular weight excluding hydrogens is 883 g/mol. The Hall–Kier alpha value is -4.52. The normalized spacial score (nSPS) is 18.0. The minimum Gasteiger partial charge on any atom is -0.507 e. The Balaban J connectivity index is 0.000000286. The predicted octanol–water partition coefficient (Wildman–Crippen LogP) is 13.3. The van der Waals surface area contributed by atoms with Gasteiger partial charge in [0, 0.05) is 34.0 Å². The van der Waals surface area contributed by atoms with Gasteiger partial charge in [-0.3, -0.25) is 0 Å². The fourth-order valence-electron chi connectivity index (χ4n) is 9.38. The van der Waals surface area contributed by atoms with Crippen molar-refractivity contribution in [1.82, 2.24) is 10.3 Å². The number of benzene rings is 2. The Kier molecular flexibility index (Phi) is 21.0. The zero-order valence-electron chi connectivity index (χ0n) is 39.9. The number of phenolic OH excluding ortho intramolecular Hbond substituents is 4. The quantitative estimate of drug-likeness (QED) is 0.0406. The summed E-state index contributed by atoms with van der Waals surface area (Å²) in [6, 6.07) is 3.67. The molecule has 0 aliphatic heterocycles. The maximum Gasteiger partial charge on any atom is 0.494 e. The molecule has 2 heterocycles. The summed E-state index contributed by atoms with van der Waals surface area (Å²) < 4.78 is 10.8. The van der Waals surface area contributed by atoms with Crippen molar-refractivity contribution in [2.45, 2.75) is 166 Å². The standard InChI is InChI=1S/C26H35NO3.C21H29BrO2.C5H8BNO3.CH4/c1-7-8-9-10-19-14-22(28)25(21-13-16(4)11-12-20(21)15(2)3)26(29)24(19)23-17(5)27-30-18(23)6;1-5-6-7-8-15-12-18(23)19(21(24)20(15)22)17-11-14(4)9-10-16(17)13(2)3;1-3-5(6(8)9)4(2)10-7-3;/h13-14,20-21,28-29H,2,7-12H2,1,3-6H3;11-12,16-17,23-24H,2,5-10H2,1,3-4H3;8-9H,1-2H3;1H4/t20-,21+;16-,17+;;/m00../s1. The maximum atomic E-state index is 11.6. The number of allylic oxidation sites excluding steroid dienone is 6. The molecule has 65 heavy (non-hydrogen) atoms. The van der Waals surface area contributed by atoms with Crippen molar-refractivity contribution in [1.29, 1.82) is 0 Å². The molecule has 10 nitrogen and oxygen atoms in total. The average molecular weight is 960 g/mol. The molecule has 0 unspecified atom stereocenters. The van der Waals surface area contributed by atoms with E-state index in [2.05, 4.69) is 83.8 Å². The smallest absolute Gasteiger partial charge is 0.494 e. The summed E-state index contributed by atoms with van der Waals surface area (Å²) in [6.07, 6.45) is 16.6. The first-order chi connectivity index (χ1) is 30.2. The Bertz CT molecular complexity index is 2280. The van der Waals surface area contributed by atoms with E-state index in [4.69, 9.17) is 14.6 Å². The number of aryl methyl sites for hydroxylation is 6. The molecule has 2 aromatic heterocycles. The van der Waals surface area contributed by atoms with E-state index < -0.39 is 7.12 Å². The van der Waals surface area contributed by atoms with Gasteiger partial charge >= 0.3 is 7.12 Å². The highest BCUT2D eigenvalue weighted by Gasteiger charge is 2.34. The van der Waals surface area contributed by atoms with E-state index in [-0.39, 0.29) is 54.1 Å². The van der Waals surface area contributed by atoms with Crippen molar-refractivity contribution in [3.05, 3.63) is 109 Å². The summed E-state index contributed by atoms with van der Waals surface area (Å²) in [7, 11) is -1.48. The van der Waals surface area contributed by atoms with Gasteiger partial charge in [-0.15, -0.1) is 0 Å². The fraction of sp³-hybridized carbons (Fsp3) is 0.509. The molecule has 2 aromatic carbocycles. The van der Waals surface area contributed by atoms with Crippen LogP contribution in [0.4, 0.5) is 0 Å². The Labute approximate surface area is 397 Å². The van der Waals surface area contributed by atoms with Gasteiger partial charge in [-0.2, -0.15) is 0 Å². The maximum absolute atomic E-state index is 11.6. The Morgan fingerprint density at radius 3 is 1.52 bits per heavy atom. The van der Waals surface area contributed by atoms with E-state index in [0.29, 0.717) is 33.8 Å². The molecule has 0 saturated carbocycles. The SMILES string of the molecule is C.C=C(C)[C@@H]1CCC(C)=C[C@H]1c1c(O)cc(CCCCC)c(-c2c(C)noc2C)c1O.C=C(C)[C@@H]1CCC(C)=C[C@H]1c1c(O)cc(CCCCC)c(Br)c1O.Cc1noc(C)c1B(O)O. The lowest BCUT2D eigenvalue weighted by Gasteiger charge is -2.32. The van der Waals surface area contributed by atoms with Crippen LogP contribution in [0, 0.1) is 39.5 Å². The second-order valence-corrected chi connectivity index (χ2v) is 18.9. The molecule has 0 fully saturated rings. The first-order valence-electron chi connectivity index (χ1n) is 22.9. The van der Waals surface area contributed by atoms with E-state index in [1.807, 2.05) is 39.8 Å². The highest BCUT2D eigenvalue weighted by Crippen LogP contribution is 2.52. The van der Waals surface area contributed by atoms with Crippen LogP contribution in [0.1, 0.15) is 170 Å². The van der Waals surface area contributed by atoms with Crippen LogP contribution in [-0.4, -0.2) is 47.9 Å². The molecule has 356 valence electrons. The fourth-order valence-corrected chi connectivity index (χ4v) is 9.90. The molecule has 4 aromatic rings. The minimum atomic E-state index is -1.48. The molecule has 2 aliphatic rings. The average Bonchev–Trinajstić information content (AvgIpc) is 3.75. The minimum absolute atomic E-state index is 0. The largest absolute Gasteiger partial charge is 0.507 e. The Morgan fingerprint density at radius 1 is 0.677 bits per heavy atom. The molecule has 0 amide bonds. The van der Waals surface area contributed by atoms with Crippen LogP contribution in [0.5, 0.6) is 23.0 Å². The third-order valence-corrected chi connectivity index (χ3v) is 13.8. The van der Waals surface area contributed by atoms with Crippen molar-refractivity contribution in [3.63, 3.8) is 0 Å². The van der Waals surface area contributed by atoms with Gasteiger partial charge in [0.1, 0.15) is 34.5 Å². The lowest BCUT2D eigenvalue weighted by atomic mass is 9.73. The number of phenols is 4. The van der Waals surface area contributed by atoms with Crippen LogP contribution in [0.3, 0.4) is 0 Å². The predicted molar refractivity (Wildman–Crippen MR) is 269 cm³/mol. The zero-order chi connectivity index (χ0) is 47.6. The van der Waals surface area contributed by atoms with E-state index in [1.54, 1.807) is 13.8 Å². The molecular formula is C53H76BBrN2O8. The van der Waals surface area contributed by atoms with Gasteiger partial charge in [0.05, 0.1) is 21.4 Å². The van der Waals surface area contributed by atoms with E-state index in [1.165, 1.54) is 11.1 Å². The van der Waals surface area contributed by atoms with Crippen LogP contribution < -0.4 is 5.46 Å². The van der Waals surface area contributed by atoms with Gasteiger partial charge in [0.25, 0.3) is 0 Å². The number of aromatic hydroxyl groups is 4. The van der Waals surface area contributed by atoms with E-state index >= 15 is 0 Å². The lowest BCUT2D eigenvalue weighted by Crippen LogP contribution is -2.32. The van der Waals surface area contributed by atoms with E-state index in [9.17, 15) is 20.4 Å². The van der Waals surface area contributed by atoms with Crippen LogP contribution in [-0.2, 0) is 12.8 Å². The molecule has 6 rings (SSSR count). The number of hydrogen-bond acceptors (Lipinski definition) is 10. The van der Waals surface area contributed by atoms with Crippen molar-refractivity contribution in [3.8, 4) is 34.1 Å². The first-order valence-corrected chi connectivity index (χ1v) is 23.7. The molecule has 0 radical (unpaired) electrons. The van der Waals surface area contributed by atoms with E-state index in [0.717, 1.165) is 121 Å². The van der Waals surface area contributed by atoms with Gasteiger partial charge in [-0.25, -0.2) is 0 Å². The van der Waals surface area contributed by atoms with Crippen LogP contribution in [0.15, 0.2) is 73.3 Å². The van der Waals surface area contributed by atoms with Crippen LogP contribution >= 0.6 is 15.9 Å². The molecule has 4 atom stereocenters. The van der Waals surface area contributed by atoms with Crippen molar-refractivity contribution < 1.29 is 39.5 Å². The Morgan fingerprint density at radius 2 is 1.12 bits per heavy atom. The van der Waals surface area contributed by atoms with Crippen LogP contribution in [0.2, 0.25) is 0 Å². The number of rotatable bonds is 14. The van der Waals surface area contributed by atoms with Gasteiger partial charge in [-0.1, -0.05) is 105 Å².